The first-order valence-corrected chi connectivity index (χ1v) is 23.4. The molecule has 1 heterocycles. The van der Waals surface area contributed by atoms with Gasteiger partial charge in [-0.2, -0.15) is 0 Å². The van der Waals surface area contributed by atoms with Crippen LogP contribution >= 0.6 is 0 Å². The fourth-order valence-electron chi connectivity index (χ4n) is 7.46. The second-order valence-corrected chi connectivity index (χ2v) is 19.3. The molecular weight excluding hydrogens is 721 g/mol. The van der Waals surface area contributed by atoms with E-state index in [1.54, 1.807) is 0 Å². The maximum atomic E-state index is 12.4. The largest absolute Gasteiger partial charge is 0.466 e. The normalized spacial score (nSPS) is 27.9. The van der Waals surface area contributed by atoms with E-state index in [1.807, 2.05) is 0 Å². The zero-order valence-electron chi connectivity index (χ0n) is 38.6. The Kier molecular flexibility index (Phi) is 29.2. The number of esters is 3. The molecule has 0 aromatic heterocycles. The van der Waals surface area contributed by atoms with Gasteiger partial charge in [-0.1, -0.05) is 78.6 Å². The monoisotopic (exact) mass is 811 g/mol. The van der Waals surface area contributed by atoms with Crippen LogP contribution in [0.15, 0.2) is 0 Å². The minimum atomic E-state index is -0.183. The summed E-state index contributed by atoms with van der Waals surface area (Å²) >= 11 is 0. The SMILES string of the molecule is CC1CCCC(C)(C)OCCCCCCOC(=O)CC(C)CCCC(C)(C)OCCCCCCOC(=O)CC(C)CCCC(C)(C)OCCCCCCOC(=O)C1. The Morgan fingerprint density at radius 3 is 0.825 bits per heavy atom. The smallest absolute Gasteiger partial charge is 0.306 e. The molecule has 1 rings (SSSR count). The lowest BCUT2D eigenvalue weighted by molar-refractivity contribution is -0.145. The van der Waals surface area contributed by atoms with Crippen LogP contribution in [0.5, 0.6) is 0 Å². The Morgan fingerprint density at radius 2 is 0.579 bits per heavy atom. The minimum absolute atomic E-state index is 0.0920. The van der Waals surface area contributed by atoms with Crippen molar-refractivity contribution in [3.63, 3.8) is 0 Å². The Bertz CT molecular complexity index is 911. The lowest BCUT2D eigenvalue weighted by atomic mass is 9.95. The first-order chi connectivity index (χ1) is 27.0. The molecule has 0 aromatic carbocycles. The third kappa shape index (κ3) is 32.8. The molecule has 0 radical (unpaired) electrons. The molecule has 0 bridgehead atoms. The summed E-state index contributed by atoms with van der Waals surface area (Å²) in [5.74, 6) is 0.603. The Hall–Kier alpha value is -1.71. The standard InChI is InChI=1S/C48H90O9/c1-40-25-22-28-46(4,5)55-34-19-14-11-17-32-53-44(50)38-42(3)27-24-30-48(8,9)57-36-21-15-12-18-33-54-45(51)39-41(2)26-23-29-47(6,7)56-35-20-13-10-16-31-52-43(49)37-40/h40-42H,10-39H2,1-9H3. The van der Waals surface area contributed by atoms with E-state index in [1.165, 1.54) is 0 Å². The zero-order valence-corrected chi connectivity index (χ0v) is 38.6. The molecule has 3 unspecified atom stereocenters. The van der Waals surface area contributed by atoms with Crippen molar-refractivity contribution in [2.24, 2.45) is 17.8 Å². The molecule has 0 N–H and O–H groups in total. The highest BCUT2D eigenvalue weighted by Gasteiger charge is 2.22. The second kappa shape index (κ2) is 31.2. The van der Waals surface area contributed by atoms with Crippen LogP contribution in [0.25, 0.3) is 0 Å². The van der Waals surface area contributed by atoms with Gasteiger partial charge in [0.15, 0.2) is 0 Å². The molecule has 0 spiro atoms. The zero-order chi connectivity index (χ0) is 42.4. The van der Waals surface area contributed by atoms with E-state index >= 15 is 0 Å². The predicted octanol–water partition coefficient (Wildman–Crippen LogP) is 12.3. The molecule has 1 aliphatic heterocycles. The van der Waals surface area contributed by atoms with Gasteiger partial charge < -0.3 is 28.4 Å². The molecule has 0 saturated carbocycles. The van der Waals surface area contributed by atoms with E-state index in [0.29, 0.717) is 56.8 Å². The number of rotatable bonds is 0. The molecule has 336 valence electrons. The lowest BCUT2D eigenvalue weighted by Gasteiger charge is -2.26. The maximum absolute atomic E-state index is 12.4. The Morgan fingerprint density at radius 1 is 0.351 bits per heavy atom. The highest BCUT2D eigenvalue weighted by atomic mass is 16.5. The van der Waals surface area contributed by atoms with E-state index in [-0.39, 0.29) is 34.7 Å². The summed E-state index contributed by atoms with van der Waals surface area (Å²) < 4.78 is 35.3. The van der Waals surface area contributed by atoms with E-state index in [9.17, 15) is 14.4 Å². The fraction of sp³-hybridized carbons (Fsp3) is 0.938. The molecule has 3 atom stereocenters. The fourth-order valence-corrected chi connectivity index (χ4v) is 7.46. The van der Waals surface area contributed by atoms with Gasteiger partial charge in [0.2, 0.25) is 0 Å². The van der Waals surface area contributed by atoms with Crippen molar-refractivity contribution >= 4 is 17.9 Å². The van der Waals surface area contributed by atoms with Gasteiger partial charge in [0, 0.05) is 39.1 Å². The summed E-state index contributed by atoms with van der Waals surface area (Å²) in [5.41, 5.74) is -0.548. The Balaban J connectivity index is 2.48. The average Bonchev–Trinajstić information content (AvgIpc) is 3.10. The van der Waals surface area contributed by atoms with Crippen molar-refractivity contribution in [2.45, 2.75) is 233 Å². The summed E-state index contributed by atoms with van der Waals surface area (Å²) in [5, 5.41) is 0. The van der Waals surface area contributed by atoms with Crippen LogP contribution in [-0.4, -0.2) is 74.4 Å². The van der Waals surface area contributed by atoms with Gasteiger partial charge in [-0.15, -0.1) is 0 Å². The maximum Gasteiger partial charge on any atom is 0.306 e. The van der Waals surface area contributed by atoms with E-state index in [2.05, 4.69) is 62.3 Å². The molecule has 9 heteroatoms. The first kappa shape index (κ1) is 53.3. The predicted molar refractivity (Wildman–Crippen MR) is 231 cm³/mol. The molecular formula is C48H90O9. The number of carbonyl (C=O) groups excluding carboxylic acids is 3. The van der Waals surface area contributed by atoms with Crippen LogP contribution in [0.4, 0.5) is 0 Å². The average molecular weight is 811 g/mol. The molecule has 1 saturated heterocycles. The van der Waals surface area contributed by atoms with Gasteiger partial charge >= 0.3 is 17.9 Å². The van der Waals surface area contributed by atoms with Crippen molar-refractivity contribution in [3.8, 4) is 0 Å². The van der Waals surface area contributed by atoms with Crippen molar-refractivity contribution in [3.05, 3.63) is 0 Å². The van der Waals surface area contributed by atoms with Crippen LogP contribution < -0.4 is 0 Å². The third-order valence-electron chi connectivity index (χ3n) is 11.4. The van der Waals surface area contributed by atoms with Crippen LogP contribution in [0.3, 0.4) is 0 Å². The molecule has 57 heavy (non-hydrogen) atoms. The highest BCUT2D eigenvalue weighted by Crippen LogP contribution is 2.25. The number of carbonyl (C=O) groups is 3. The molecule has 0 aromatic rings. The molecule has 0 aliphatic carbocycles. The summed E-state index contributed by atoms with van der Waals surface area (Å²) in [7, 11) is 0. The Labute approximate surface area is 350 Å². The topological polar surface area (TPSA) is 107 Å². The molecule has 9 nitrogen and oxygen atoms in total. The van der Waals surface area contributed by atoms with Crippen LogP contribution in [0.1, 0.15) is 216 Å². The highest BCUT2D eigenvalue weighted by molar-refractivity contribution is 5.70. The number of hydrogen-bond donors (Lipinski definition) is 0. The lowest BCUT2D eigenvalue weighted by Crippen LogP contribution is -2.25. The summed E-state index contributed by atoms with van der Waals surface area (Å²) in [6, 6.07) is 0. The molecule has 1 aliphatic rings. The summed E-state index contributed by atoms with van der Waals surface area (Å²) in [6.45, 7) is 23.0. The summed E-state index contributed by atoms with van der Waals surface area (Å²) in [6.07, 6.45) is 22.2. The van der Waals surface area contributed by atoms with Crippen molar-refractivity contribution in [1.29, 1.82) is 0 Å². The van der Waals surface area contributed by atoms with Crippen LogP contribution in [-0.2, 0) is 42.8 Å². The quantitative estimate of drug-likeness (QED) is 0.175. The molecule has 1 fully saturated rings. The van der Waals surface area contributed by atoms with E-state index < -0.39 is 0 Å². The van der Waals surface area contributed by atoms with Gasteiger partial charge in [0.05, 0.1) is 36.6 Å². The van der Waals surface area contributed by atoms with Crippen molar-refractivity contribution in [2.75, 3.05) is 39.6 Å². The van der Waals surface area contributed by atoms with E-state index in [4.69, 9.17) is 28.4 Å². The number of ether oxygens (including phenoxy) is 6. The van der Waals surface area contributed by atoms with Gasteiger partial charge in [-0.05, 0) is 136 Å². The van der Waals surface area contributed by atoms with Gasteiger partial charge in [-0.25, -0.2) is 0 Å². The van der Waals surface area contributed by atoms with Crippen molar-refractivity contribution in [1.82, 2.24) is 0 Å². The van der Waals surface area contributed by atoms with Gasteiger partial charge in [0.1, 0.15) is 0 Å². The molecule has 0 amide bonds. The number of hydrogen-bond acceptors (Lipinski definition) is 9. The third-order valence-corrected chi connectivity index (χ3v) is 11.4. The van der Waals surface area contributed by atoms with Crippen molar-refractivity contribution < 1.29 is 42.8 Å². The van der Waals surface area contributed by atoms with Gasteiger partial charge in [-0.3, -0.25) is 14.4 Å². The van der Waals surface area contributed by atoms with E-state index in [0.717, 1.165) is 155 Å². The first-order valence-electron chi connectivity index (χ1n) is 23.4. The number of cyclic esters (lactones) is 3. The van der Waals surface area contributed by atoms with Gasteiger partial charge in [0.25, 0.3) is 0 Å². The van der Waals surface area contributed by atoms with Crippen LogP contribution in [0, 0.1) is 17.8 Å². The summed E-state index contributed by atoms with van der Waals surface area (Å²) in [4.78, 5) is 37.2. The van der Waals surface area contributed by atoms with Crippen LogP contribution in [0.2, 0.25) is 0 Å². The minimum Gasteiger partial charge on any atom is -0.466 e. The second-order valence-electron chi connectivity index (χ2n) is 19.3.